The van der Waals surface area contributed by atoms with Crippen LogP contribution in [-0.4, -0.2) is 45.0 Å². The van der Waals surface area contributed by atoms with Crippen molar-refractivity contribution in [1.82, 2.24) is 24.9 Å². The lowest BCUT2D eigenvalue weighted by Crippen LogP contribution is -2.31. The molecule has 2 aromatic heterocycles. The van der Waals surface area contributed by atoms with Gasteiger partial charge in [-0.3, -0.25) is 0 Å². The minimum absolute atomic E-state index is 0.186. The van der Waals surface area contributed by atoms with Crippen LogP contribution in [0.2, 0.25) is 5.15 Å². The third kappa shape index (κ3) is 2.41. The fraction of sp³-hybridized carbons (Fsp3) is 0.438. The SMILES string of the molecule is Cc1cc2c(nc(Cl)c3nnn(C4CCN(C)CC4)c32)c(F)c1Br. The van der Waals surface area contributed by atoms with Crippen molar-refractivity contribution in [2.24, 2.45) is 0 Å². The van der Waals surface area contributed by atoms with Crippen LogP contribution in [0.1, 0.15) is 24.4 Å². The lowest BCUT2D eigenvalue weighted by molar-refractivity contribution is 0.214. The van der Waals surface area contributed by atoms with Crippen molar-refractivity contribution in [1.29, 1.82) is 0 Å². The molecule has 1 aliphatic heterocycles. The molecule has 0 radical (unpaired) electrons. The number of benzene rings is 1. The topological polar surface area (TPSA) is 46.8 Å². The number of hydrogen-bond donors (Lipinski definition) is 0. The fourth-order valence-electron chi connectivity index (χ4n) is 3.36. The lowest BCUT2D eigenvalue weighted by atomic mass is 10.0. The molecule has 3 aromatic rings. The second-order valence-electron chi connectivity index (χ2n) is 6.39. The first-order valence-electron chi connectivity index (χ1n) is 7.84. The van der Waals surface area contributed by atoms with Crippen LogP contribution >= 0.6 is 27.5 Å². The van der Waals surface area contributed by atoms with Gasteiger partial charge in [-0.1, -0.05) is 16.8 Å². The van der Waals surface area contributed by atoms with Gasteiger partial charge in [-0.05, 0) is 67.5 Å². The van der Waals surface area contributed by atoms with E-state index in [0.717, 1.165) is 37.0 Å². The summed E-state index contributed by atoms with van der Waals surface area (Å²) < 4.78 is 17.0. The van der Waals surface area contributed by atoms with Gasteiger partial charge in [-0.25, -0.2) is 14.1 Å². The van der Waals surface area contributed by atoms with Crippen LogP contribution in [0.3, 0.4) is 0 Å². The fourth-order valence-corrected chi connectivity index (χ4v) is 3.88. The Morgan fingerprint density at radius 2 is 2.00 bits per heavy atom. The Labute approximate surface area is 151 Å². The Morgan fingerprint density at radius 3 is 2.71 bits per heavy atom. The average molecular weight is 413 g/mol. The molecule has 0 aliphatic carbocycles. The summed E-state index contributed by atoms with van der Waals surface area (Å²) in [5, 5.41) is 9.43. The van der Waals surface area contributed by atoms with E-state index in [-0.39, 0.29) is 16.7 Å². The molecular weight excluding hydrogens is 397 g/mol. The first kappa shape index (κ1) is 16.2. The van der Waals surface area contributed by atoms with E-state index in [1.165, 1.54) is 0 Å². The van der Waals surface area contributed by atoms with E-state index in [1.807, 2.05) is 17.7 Å². The van der Waals surface area contributed by atoms with Gasteiger partial charge in [0.05, 0.1) is 10.5 Å². The van der Waals surface area contributed by atoms with Crippen molar-refractivity contribution in [3.63, 3.8) is 0 Å². The van der Waals surface area contributed by atoms with Crippen LogP contribution < -0.4 is 0 Å². The standard InChI is InChI=1S/C16H16BrClFN5/c1-8-7-10-13(12(19)11(8)17)20-16(18)14-15(10)24(22-21-14)9-3-5-23(2)6-4-9/h7,9H,3-6H2,1-2H3. The maximum absolute atomic E-state index is 14.7. The number of halogens is 3. The molecule has 0 unspecified atom stereocenters. The van der Waals surface area contributed by atoms with Crippen LogP contribution in [0.4, 0.5) is 4.39 Å². The third-order valence-electron chi connectivity index (χ3n) is 4.75. The third-order valence-corrected chi connectivity index (χ3v) is 5.99. The number of pyridine rings is 1. The van der Waals surface area contributed by atoms with Crippen molar-refractivity contribution in [3.05, 3.63) is 27.1 Å². The highest BCUT2D eigenvalue weighted by atomic mass is 79.9. The van der Waals surface area contributed by atoms with Crippen LogP contribution in [0.25, 0.3) is 21.9 Å². The number of aryl methyl sites for hydroxylation is 1. The zero-order chi connectivity index (χ0) is 17.0. The van der Waals surface area contributed by atoms with Gasteiger partial charge in [0.15, 0.2) is 16.5 Å². The summed E-state index contributed by atoms with van der Waals surface area (Å²) in [7, 11) is 2.11. The summed E-state index contributed by atoms with van der Waals surface area (Å²) in [6, 6.07) is 2.16. The normalized spacial score (nSPS) is 17.2. The second kappa shape index (κ2) is 5.89. The second-order valence-corrected chi connectivity index (χ2v) is 7.54. The molecule has 1 aliphatic rings. The number of piperidine rings is 1. The highest BCUT2D eigenvalue weighted by molar-refractivity contribution is 9.10. The van der Waals surface area contributed by atoms with Crippen LogP contribution in [0.5, 0.6) is 0 Å². The number of hydrogen-bond acceptors (Lipinski definition) is 4. The predicted octanol–water partition coefficient (Wildman–Crippen LogP) is 4.11. The smallest absolute Gasteiger partial charge is 0.163 e. The Balaban J connectivity index is 2.01. The molecule has 3 heterocycles. The molecule has 4 rings (SSSR count). The summed E-state index contributed by atoms with van der Waals surface area (Å²) in [6.45, 7) is 3.86. The van der Waals surface area contributed by atoms with Gasteiger partial charge in [-0.2, -0.15) is 0 Å². The van der Waals surface area contributed by atoms with Gasteiger partial charge >= 0.3 is 0 Å². The molecule has 0 atom stereocenters. The molecule has 1 saturated heterocycles. The van der Waals surface area contributed by atoms with E-state index in [1.54, 1.807) is 0 Å². The molecule has 0 saturated carbocycles. The van der Waals surface area contributed by atoms with E-state index in [0.29, 0.717) is 15.4 Å². The van der Waals surface area contributed by atoms with Crippen molar-refractivity contribution < 1.29 is 4.39 Å². The Kier molecular flexibility index (Phi) is 3.97. The number of fused-ring (bicyclic) bond motifs is 3. The molecule has 126 valence electrons. The zero-order valence-corrected chi connectivity index (χ0v) is 15.7. The molecule has 0 spiro atoms. The molecule has 0 bridgehead atoms. The predicted molar refractivity (Wildman–Crippen MR) is 96.0 cm³/mol. The zero-order valence-electron chi connectivity index (χ0n) is 13.4. The molecule has 8 heteroatoms. The maximum atomic E-state index is 14.7. The van der Waals surface area contributed by atoms with E-state index in [2.05, 4.69) is 43.2 Å². The molecule has 1 fully saturated rings. The van der Waals surface area contributed by atoms with Gasteiger partial charge in [0, 0.05) is 5.39 Å². The molecule has 24 heavy (non-hydrogen) atoms. The first-order valence-corrected chi connectivity index (χ1v) is 9.01. The van der Waals surface area contributed by atoms with Gasteiger partial charge in [0.2, 0.25) is 0 Å². The first-order chi connectivity index (χ1) is 11.5. The molecule has 5 nitrogen and oxygen atoms in total. The van der Waals surface area contributed by atoms with Crippen LogP contribution in [0, 0.1) is 12.7 Å². The summed E-state index contributed by atoms with van der Waals surface area (Å²) >= 11 is 9.54. The molecule has 0 N–H and O–H groups in total. The molecule has 0 amide bonds. The number of nitrogens with zero attached hydrogens (tertiary/aromatic N) is 5. The van der Waals surface area contributed by atoms with Gasteiger partial charge in [0.1, 0.15) is 11.0 Å². The minimum Gasteiger partial charge on any atom is -0.306 e. The Bertz CT molecular complexity index is 949. The number of likely N-dealkylation sites (tertiary alicyclic amines) is 1. The van der Waals surface area contributed by atoms with Crippen molar-refractivity contribution >= 4 is 49.5 Å². The molecule has 1 aromatic carbocycles. The maximum Gasteiger partial charge on any atom is 0.163 e. The summed E-state index contributed by atoms with van der Waals surface area (Å²) in [5.41, 5.74) is 2.36. The van der Waals surface area contributed by atoms with Gasteiger partial charge in [0.25, 0.3) is 0 Å². The van der Waals surface area contributed by atoms with E-state index in [9.17, 15) is 4.39 Å². The van der Waals surface area contributed by atoms with E-state index < -0.39 is 5.82 Å². The van der Waals surface area contributed by atoms with Crippen molar-refractivity contribution in [2.75, 3.05) is 20.1 Å². The Morgan fingerprint density at radius 1 is 1.29 bits per heavy atom. The van der Waals surface area contributed by atoms with Crippen LogP contribution in [0.15, 0.2) is 10.5 Å². The monoisotopic (exact) mass is 411 g/mol. The highest BCUT2D eigenvalue weighted by Crippen LogP contribution is 2.36. The van der Waals surface area contributed by atoms with E-state index >= 15 is 0 Å². The Hall–Kier alpha value is -1.31. The van der Waals surface area contributed by atoms with Crippen molar-refractivity contribution in [2.45, 2.75) is 25.8 Å². The quantitative estimate of drug-likeness (QED) is 0.564. The van der Waals surface area contributed by atoms with Crippen molar-refractivity contribution in [3.8, 4) is 0 Å². The summed E-state index contributed by atoms with van der Waals surface area (Å²) in [4.78, 5) is 6.51. The number of aromatic nitrogens is 4. The number of rotatable bonds is 1. The molecular formula is C16H16BrClFN5. The van der Waals surface area contributed by atoms with Gasteiger partial charge < -0.3 is 4.90 Å². The minimum atomic E-state index is -0.398. The van der Waals surface area contributed by atoms with E-state index in [4.69, 9.17) is 11.6 Å². The average Bonchev–Trinajstić information content (AvgIpc) is 3.01. The summed E-state index contributed by atoms with van der Waals surface area (Å²) in [5.74, 6) is -0.398. The lowest BCUT2D eigenvalue weighted by Gasteiger charge is -2.29. The van der Waals surface area contributed by atoms with Crippen LogP contribution in [-0.2, 0) is 0 Å². The largest absolute Gasteiger partial charge is 0.306 e. The van der Waals surface area contributed by atoms with Gasteiger partial charge in [-0.15, -0.1) is 5.10 Å². The summed E-state index contributed by atoms with van der Waals surface area (Å²) in [6.07, 6.45) is 1.96. The highest BCUT2D eigenvalue weighted by Gasteiger charge is 2.25.